The van der Waals surface area contributed by atoms with Crippen LogP contribution in [-0.4, -0.2) is 58.8 Å². The zero-order chi connectivity index (χ0) is 24.5. The van der Waals surface area contributed by atoms with E-state index in [1.54, 1.807) is 31.2 Å². The number of methoxy groups -OCH3 is 1. The predicted octanol–water partition coefficient (Wildman–Crippen LogP) is 4.31. The molecule has 0 N–H and O–H groups in total. The first-order valence-electron chi connectivity index (χ1n) is 10.7. The lowest BCUT2D eigenvalue weighted by molar-refractivity contribution is -0.143. The molecule has 1 aliphatic heterocycles. The van der Waals surface area contributed by atoms with Crippen LogP contribution in [0.2, 0.25) is 0 Å². The molecule has 0 spiro atoms. The molecule has 4 rings (SSSR count). The van der Waals surface area contributed by atoms with Gasteiger partial charge < -0.3 is 9.64 Å². The maximum absolute atomic E-state index is 14.0. The van der Waals surface area contributed by atoms with E-state index in [2.05, 4.69) is 5.10 Å². The van der Waals surface area contributed by atoms with Gasteiger partial charge in [0.15, 0.2) is 5.69 Å². The van der Waals surface area contributed by atoms with Gasteiger partial charge >= 0.3 is 6.18 Å². The van der Waals surface area contributed by atoms with Crippen LogP contribution in [0.3, 0.4) is 0 Å². The fourth-order valence-electron chi connectivity index (χ4n) is 4.15. The molecule has 6 nitrogen and oxygen atoms in total. The van der Waals surface area contributed by atoms with Crippen LogP contribution >= 0.6 is 0 Å². The minimum absolute atomic E-state index is 0.239. The summed E-state index contributed by atoms with van der Waals surface area (Å²) < 4.78 is 61.8. The van der Waals surface area contributed by atoms with Gasteiger partial charge in [-0.1, -0.05) is 18.2 Å². The number of hydrogen-bond acceptors (Lipinski definition) is 4. The number of para-hydroxylation sites is 1. The lowest BCUT2D eigenvalue weighted by Crippen LogP contribution is -2.48. The maximum Gasteiger partial charge on any atom is 0.434 e. The number of rotatable bonds is 5. The van der Waals surface area contributed by atoms with Gasteiger partial charge in [0.25, 0.3) is 5.91 Å². The van der Waals surface area contributed by atoms with Crippen molar-refractivity contribution in [2.45, 2.75) is 19.6 Å². The van der Waals surface area contributed by atoms with Gasteiger partial charge in [0.05, 0.1) is 24.6 Å². The second kappa shape index (κ2) is 9.46. The standard InChI is InChI=1S/C24H24F4N4O2/c1-16-5-3-4-6-20(16)32-22(24(26,27)28)19(14-29-32)23(33)31-11-9-30(10-12-31)15-17-13-18(25)7-8-21(17)34-2/h3-8,13-14H,9-12,15H2,1-2H3. The summed E-state index contributed by atoms with van der Waals surface area (Å²) >= 11 is 0. The molecule has 1 saturated heterocycles. The largest absolute Gasteiger partial charge is 0.496 e. The number of nitrogens with zero attached hydrogens (tertiary/aromatic N) is 4. The molecule has 0 saturated carbocycles. The third kappa shape index (κ3) is 4.77. The molecule has 3 aromatic rings. The number of alkyl halides is 3. The average Bonchev–Trinajstić information content (AvgIpc) is 3.25. The molecule has 0 aliphatic carbocycles. The van der Waals surface area contributed by atoms with Crippen molar-refractivity contribution in [3.05, 3.63) is 76.9 Å². The highest BCUT2D eigenvalue weighted by molar-refractivity contribution is 5.95. The van der Waals surface area contributed by atoms with Crippen molar-refractivity contribution in [2.24, 2.45) is 0 Å². The van der Waals surface area contributed by atoms with E-state index in [1.807, 2.05) is 4.90 Å². The fraction of sp³-hybridized carbons (Fsp3) is 0.333. The maximum atomic E-state index is 14.0. The van der Waals surface area contributed by atoms with Crippen molar-refractivity contribution in [3.8, 4) is 11.4 Å². The number of halogens is 4. The summed E-state index contributed by atoms with van der Waals surface area (Å²) in [5, 5.41) is 3.92. The number of amides is 1. The summed E-state index contributed by atoms with van der Waals surface area (Å²) in [6.07, 6.45) is -3.78. The Morgan fingerprint density at radius 1 is 1.09 bits per heavy atom. The summed E-state index contributed by atoms with van der Waals surface area (Å²) in [5.41, 5.74) is -0.0184. The normalized spacial score (nSPS) is 14.9. The molecule has 10 heteroatoms. The van der Waals surface area contributed by atoms with Crippen LogP contribution in [0.4, 0.5) is 17.6 Å². The number of ether oxygens (including phenoxy) is 1. The summed E-state index contributed by atoms with van der Waals surface area (Å²) in [4.78, 5) is 16.5. The fourth-order valence-corrected chi connectivity index (χ4v) is 4.15. The van der Waals surface area contributed by atoms with Gasteiger partial charge in [-0.05, 0) is 36.8 Å². The Balaban J connectivity index is 1.52. The molecule has 1 amide bonds. The van der Waals surface area contributed by atoms with Gasteiger partial charge in [0, 0.05) is 38.3 Å². The Bertz CT molecular complexity index is 1180. The first-order valence-corrected chi connectivity index (χ1v) is 10.7. The van der Waals surface area contributed by atoms with E-state index in [4.69, 9.17) is 4.74 Å². The van der Waals surface area contributed by atoms with Gasteiger partial charge in [-0.15, -0.1) is 0 Å². The zero-order valence-corrected chi connectivity index (χ0v) is 18.8. The summed E-state index contributed by atoms with van der Waals surface area (Å²) in [6, 6.07) is 10.8. The van der Waals surface area contributed by atoms with Crippen molar-refractivity contribution in [1.82, 2.24) is 19.6 Å². The molecule has 0 unspecified atom stereocenters. The summed E-state index contributed by atoms with van der Waals surface area (Å²) in [5.74, 6) is -0.538. The van der Waals surface area contributed by atoms with E-state index in [0.29, 0.717) is 36.5 Å². The number of hydrogen-bond donors (Lipinski definition) is 0. The first kappa shape index (κ1) is 23.7. The molecule has 0 bridgehead atoms. The topological polar surface area (TPSA) is 50.6 Å². The van der Waals surface area contributed by atoms with Crippen molar-refractivity contribution in [1.29, 1.82) is 0 Å². The number of benzene rings is 2. The highest BCUT2D eigenvalue weighted by atomic mass is 19.4. The molecule has 180 valence electrons. The van der Waals surface area contributed by atoms with Crippen LogP contribution in [-0.2, 0) is 12.7 Å². The van der Waals surface area contributed by atoms with Crippen LogP contribution in [0.15, 0.2) is 48.7 Å². The molecule has 1 aliphatic rings. The van der Waals surface area contributed by atoms with Crippen LogP contribution < -0.4 is 4.74 Å². The first-order chi connectivity index (χ1) is 16.2. The second-order valence-electron chi connectivity index (χ2n) is 8.13. The van der Waals surface area contributed by atoms with Crippen molar-refractivity contribution < 1.29 is 27.1 Å². The summed E-state index contributed by atoms with van der Waals surface area (Å²) in [7, 11) is 1.50. The Hall–Kier alpha value is -3.40. The summed E-state index contributed by atoms with van der Waals surface area (Å²) in [6.45, 7) is 3.43. The number of piperazine rings is 1. The molecule has 0 atom stereocenters. The second-order valence-corrected chi connectivity index (χ2v) is 8.13. The molecule has 1 aromatic heterocycles. The zero-order valence-electron chi connectivity index (χ0n) is 18.8. The van der Waals surface area contributed by atoms with Gasteiger partial charge in [-0.3, -0.25) is 9.69 Å². The molecule has 2 aromatic carbocycles. The monoisotopic (exact) mass is 476 g/mol. The highest BCUT2D eigenvalue weighted by Crippen LogP contribution is 2.35. The SMILES string of the molecule is COc1ccc(F)cc1CN1CCN(C(=O)c2cnn(-c3ccccc3C)c2C(F)(F)F)CC1. The van der Waals surface area contributed by atoms with Crippen LogP contribution in [0.1, 0.15) is 27.2 Å². The van der Waals surface area contributed by atoms with E-state index in [1.165, 1.54) is 30.2 Å². The van der Waals surface area contributed by atoms with Gasteiger partial charge in [0.2, 0.25) is 0 Å². The minimum Gasteiger partial charge on any atom is -0.496 e. The van der Waals surface area contributed by atoms with E-state index >= 15 is 0 Å². The van der Waals surface area contributed by atoms with Crippen molar-refractivity contribution in [2.75, 3.05) is 33.3 Å². The molecular formula is C24H24F4N4O2. The third-order valence-corrected chi connectivity index (χ3v) is 5.91. The van der Waals surface area contributed by atoms with E-state index in [9.17, 15) is 22.4 Å². The Morgan fingerprint density at radius 3 is 2.44 bits per heavy atom. The van der Waals surface area contributed by atoms with Crippen molar-refractivity contribution >= 4 is 5.91 Å². The van der Waals surface area contributed by atoms with Gasteiger partial charge in [-0.25, -0.2) is 9.07 Å². The number of aryl methyl sites for hydroxylation is 1. The number of aromatic nitrogens is 2. The third-order valence-electron chi connectivity index (χ3n) is 5.91. The molecule has 2 heterocycles. The lowest BCUT2D eigenvalue weighted by atomic mass is 10.1. The predicted molar refractivity (Wildman–Crippen MR) is 117 cm³/mol. The van der Waals surface area contributed by atoms with Crippen molar-refractivity contribution in [3.63, 3.8) is 0 Å². The Kier molecular flexibility index (Phi) is 6.60. The van der Waals surface area contributed by atoms with Crippen LogP contribution in [0.5, 0.6) is 5.75 Å². The van der Waals surface area contributed by atoms with E-state index < -0.39 is 23.3 Å². The molecule has 34 heavy (non-hydrogen) atoms. The Morgan fingerprint density at radius 2 is 1.79 bits per heavy atom. The molecular weight excluding hydrogens is 452 g/mol. The van der Waals surface area contributed by atoms with E-state index in [0.717, 1.165) is 10.9 Å². The smallest absolute Gasteiger partial charge is 0.434 e. The molecule has 0 radical (unpaired) electrons. The highest BCUT2D eigenvalue weighted by Gasteiger charge is 2.42. The van der Waals surface area contributed by atoms with Gasteiger partial charge in [0.1, 0.15) is 11.6 Å². The van der Waals surface area contributed by atoms with Crippen LogP contribution in [0.25, 0.3) is 5.69 Å². The molecule has 1 fully saturated rings. The Labute approximate surface area is 194 Å². The van der Waals surface area contributed by atoms with E-state index in [-0.39, 0.29) is 24.6 Å². The van der Waals surface area contributed by atoms with Crippen LogP contribution in [0, 0.1) is 12.7 Å². The quantitative estimate of drug-likeness (QED) is 0.516. The minimum atomic E-state index is -4.76. The number of carbonyl (C=O) groups excluding carboxylic acids is 1. The average molecular weight is 476 g/mol. The number of carbonyl (C=O) groups is 1. The lowest BCUT2D eigenvalue weighted by Gasteiger charge is -2.35. The van der Waals surface area contributed by atoms with Gasteiger partial charge in [-0.2, -0.15) is 18.3 Å².